The van der Waals surface area contributed by atoms with E-state index in [1.54, 1.807) is 0 Å². The third-order valence-corrected chi connectivity index (χ3v) is 3.13. The summed E-state index contributed by atoms with van der Waals surface area (Å²) in [6.45, 7) is 0.537. The zero-order valence-corrected chi connectivity index (χ0v) is 11.6. The molecule has 1 N–H and O–H groups in total. The molecule has 0 saturated heterocycles. The lowest BCUT2D eigenvalue weighted by Crippen LogP contribution is -2.08. The van der Waals surface area contributed by atoms with Crippen molar-refractivity contribution in [3.05, 3.63) is 53.8 Å². The molecule has 3 heteroatoms. The van der Waals surface area contributed by atoms with E-state index < -0.39 is 0 Å². The summed E-state index contributed by atoms with van der Waals surface area (Å²) >= 11 is 0. The van der Waals surface area contributed by atoms with Crippen molar-refractivity contribution >= 4 is 5.69 Å². The molecular formula is C16H19FN2. The molecule has 2 aromatic carbocycles. The minimum atomic E-state index is -0.164. The van der Waals surface area contributed by atoms with Gasteiger partial charge in [-0.25, -0.2) is 4.39 Å². The maximum atomic E-state index is 13.6. The summed E-state index contributed by atoms with van der Waals surface area (Å²) in [6.07, 6.45) is 0. The van der Waals surface area contributed by atoms with E-state index in [0.29, 0.717) is 12.1 Å². The Kier molecular flexibility index (Phi) is 4.17. The fourth-order valence-corrected chi connectivity index (χ4v) is 2.03. The maximum Gasteiger partial charge on any atom is 0.127 e. The van der Waals surface area contributed by atoms with Crippen LogP contribution in [0.5, 0.6) is 0 Å². The van der Waals surface area contributed by atoms with Crippen LogP contribution in [0.3, 0.4) is 0 Å². The number of halogens is 1. The number of nitrogens with one attached hydrogen (secondary N) is 1. The van der Waals surface area contributed by atoms with E-state index in [9.17, 15) is 4.39 Å². The standard InChI is InChI=1S/C16H19FN2/c1-18-11-14-10-13(6-9-16(14)17)12-4-7-15(8-5-12)19(2)3/h4-10,18H,11H2,1-3H3. The molecule has 0 bridgehead atoms. The Bertz CT molecular complexity index is 547. The van der Waals surface area contributed by atoms with Gasteiger partial charge >= 0.3 is 0 Å². The first-order valence-corrected chi connectivity index (χ1v) is 6.32. The monoisotopic (exact) mass is 258 g/mol. The van der Waals surface area contributed by atoms with E-state index in [-0.39, 0.29) is 5.82 Å². The van der Waals surface area contributed by atoms with Gasteiger partial charge in [0.1, 0.15) is 5.82 Å². The first-order valence-electron chi connectivity index (χ1n) is 6.32. The largest absolute Gasteiger partial charge is 0.378 e. The van der Waals surface area contributed by atoms with Crippen molar-refractivity contribution in [3.8, 4) is 11.1 Å². The van der Waals surface area contributed by atoms with E-state index in [2.05, 4.69) is 34.5 Å². The van der Waals surface area contributed by atoms with Crippen LogP contribution in [0, 0.1) is 5.82 Å². The van der Waals surface area contributed by atoms with E-state index in [1.807, 2.05) is 33.3 Å². The van der Waals surface area contributed by atoms with Crippen molar-refractivity contribution in [1.29, 1.82) is 0 Å². The van der Waals surface area contributed by atoms with Crippen molar-refractivity contribution < 1.29 is 4.39 Å². The van der Waals surface area contributed by atoms with E-state index in [4.69, 9.17) is 0 Å². The quantitative estimate of drug-likeness (QED) is 0.905. The van der Waals surface area contributed by atoms with E-state index in [1.165, 1.54) is 6.07 Å². The summed E-state index contributed by atoms with van der Waals surface area (Å²) in [4.78, 5) is 2.06. The maximum absolute atomic E-state index is 13.6. The Labute approximate surface area is 113 Å². The van der Waals surface area contributed by atoms with Gasteiger partial charge in [0.2, 0.25) is 0 Å². The highest BCUT2D eigenvalue weighted by Gasteiger charge is 2.05. The molecule has 0 aliphatic heterocycles. The van der Waals surface area contributed by atoms with Crippen LogP contribution in [-0.4, -0.2) is 21.1 Å². The molecule has 0 heterocycles. The highest BCUT2D eigenvalue weighted by molar-refractivity contribution is 5.67. The highest BCUT2D eigenvalue weighted by Crippen LogP contribution is 2.24. The van der Waals surface area contributed by atoms with Crippen molar-refractivity contribution in [1.82, 2.24) is 5.32 Å². The number of nitrogens with zero attached hydrogens (tertiary/aromatic N) is 1. The average Bonchev–Trinajstić information content (AvgIpc) is 2.41. The zero-order chi connectivity index (χ0) is 13.8. The highest BCUT2D eigenvalue weighted by atomic mass is 19.1. The van der Waals surface area contributed by atoms with Crippen LogP contribution in [0.4, 0.5) is 10.1 Å². The Balaban J connectivity index is 2.33. The SMILES string of the molecule is CNCc1cc(-c2ccc(N(C)C)cc2)ccc1F. The lowest BCUT2D eigenvalue weighted by Gasteiger charge is -2.13. The fourth-order valence-electron chi connectivity index (χ4n) is 2.03. The van der Waals surface area contributed by atoms with Gasteiger partial charge in [0.25, 0.3) is 0 Å². The molecule has 0 aromatic heterocycles. The summed E-state index contributed by atoms with van der Waals surface area (Å²) in [7, 11) is 5.84. The van der Waals surface area contributed by atoms with Gasteiger partial charge in [0.05, 0.1) is 0 Å². The minimum absolute atomic E-state index is 0.164. The van der Waals surface area contributed by atoms with Crippen LogP contribution in [0.15, 0.2) is 42.5 Å². The zero-order valence-electron chi connectivity index (χ0n) is 11.6. The van der Waals surface area contributed by atoms with E-state index >= 15 is 0 Å². The van der Waals surface area contributed by atoms with Gasteiger partial charge in [-0.2, -0.15) is 0 Å². The predicted octanol–water partition coefficient (Wildman–Crippen LogP) is 3.28. The van der Waals surface area contributed by atoms with Crippen LogP contribution in [0.1, 0.15) is 5.56 Å². The molecule has 100 valence electrons. The minimum Gasteiger partial charge on any atom is -0.378 e. The number of benzene rings is 2. The Hall–Kier alpha value is -1.87. The van der Waals surface area contributed by atoms with Crippen LogP contribution < -0.4 is 10.2 Å². The average molecular weight is 258 g/mol. The molecule has 0 atom stereocenters. The fraction of sp³-hybridized carbons (Fsp3) is 0.250. The second kappa shape index (κ2) is 5.85. The van der Waals surface area contributed by atoms with Gasteiger partial charge < -0.3 is 10.2 Å². The van der Waals surface area contributed by atoms with Gasteiger partial charge in [-0.1, -0.05) is 18.2 Å². The van der Waals surface area contributed by atoms with Gasteiger partial charge in [-0.05, 0) is 42.4 Å². The molecule has 0 saturated carbocycles. The van der Waals surface area contributed by atoms with Gasteiger partial charge in [-0.3, -0.25) is 0 Å². The second-order valence-corrected chi connectivity index (χ2v) is 4.78. The molecule has 0 amide bonds. The van der Waals surface area contributed by atoms with Crippen molar-refractivity contribution in [3.63, 3.8) is 0 Å². The van der Waals surface area contributed by atoms with Gasteiger partial charge in [-0.15, -0.1) is 0 Å². The summed E-state index contributed by atoms with van der Waals surface area (Å²) in [6, 6.07) is 13.5. The molecule has 2 rings (SSSR count). The van der Waals surface area contributed by atoms with Crippen LogP contribution in [0.25, 0.3) is 11.1 Å². The van der Waals surface area contributed by atoms with Gasteiger partial charge in [0.15, 0.2) is 0 Å². The summed E-state index contributed by atoms with van der Waals surface area (Å²) in [5.41, 5.74) is 3.98. The molecule has 0 unspecified atom stereocenters. The first-order chi connectivity index (χ1) is 9.11. The third-order valence-electron chi connectivity index (χ3n) is 3.13. The summed E-state index contributed by atoms with van der Waals surface area (Å²) in [5, 5.41) is 2.98. The van der Waals surface area contributed by atoms with Crippen LogP contribution in [0.2, 0.25) is 0 Å². The summed E-state index contributed by atoms with van der Waals surface area (Å²) in [5.74, 6) is -0.164. The normalized spacial score (nSPS) is 10.5. The Morgan fingerprint density at radius 2 is 1.63 bits per heavy atom. The first kappa shape index (κ1) is 13.6. The van der Waals surface area contributed by atoms with E-state index in [0.717, 1.165) is 16.8 Å². The van der Waals surface area contributed by atoms with Crippen molar-refractivity contribution in [2.24, 2.45) is 0 Å². The number of hydrogen-bond donors (Lipinski definition) is 1. The van der Waals surface area contributed by atoms with Gasteiger partial charge in [0, 0.05) is 31.9 Å². The third kappa shape index (κ3) is 3.12. The number of hydrogen-bond acceptors (Lipinski definition) is 2. The topological polar surface area (TPSA) is 15.3 Å². The molecule has 2 aromatic rings. The molecule has 0 radical (unpaired) electrons. The van der Waals surface area contributed by atoms with Crippen LogP contribution >= 0.6 is 0 Å². The molecule has 0 fully saturated rings. The number of anilines is 1. The van der Waals surface area contributed by atoms with Crippen molar-refractivity contribution in [2.75, 3.05) is 26.0 Å². The Morgan fingerprint density at radius 1 is 1.00 bits per heavy atom. The molecule has 0 aliphatic rings. The molecular weight excluding hydrogens is 239 g/mol. The Morgan fingerprint density at radius 3 is 2.21 bits per heavy atom. The molecule has 0 aliphatic carbocycles. The second-order valence-electron chi connectivity index (χ2n) is 4.78. The van der Waals surface area contributed by atoms with Crippen molar-refractivity contribution in [2.45, 2.75) is 6.54 Å². The molecule has 19 heavy (non-hydrogen) atoms. The molecule has 0 spiro atoms. The molecule has 2 nitrogen and oxygen atoms in total. The number of rotatable bonds is 4. The smallest absolute Gasteiger partial charge is 0.127 e. The van der Waals surface area contributed by atoms with Crippen LogP contribution in [-0.2, 0) is 6.54 Å². The summed E-state index contributed by atoms with van der Waals surface area (Å²) < 4.78 is 13.6. The predicted molar refractivity (Wildman–Crippen MR) is 78.9 cm³/mol. The lowest BCUT2D eigenvalue weighted by atomic mass is 10.0. The lowest BCUT2D eigenvalue weighted by molar-refractivity contribution is 0.601.